The fourth-order valence-corrected chi connectivity index (χ4v) is 2.92. The number of hydrogen-bond donors (Lipinski definition) is 1. The zero-order valence-corrected chi connectivity index (χ0v) is 15.2. The highest BCUT2D eigenvalue weighted by Crippen LogP contribution is 2.29. The van der Waals surface area contributed by atoms with Crippen molar-refractivity contribution in [3.8, 4) is 11.5 Å². The van der Waals surface area contributed by atoms with E-state index in [0.717, 1.165) is 35.7 Å². The van der Waals surface area contributed by atoms with Crippen molar-refractivity contribution in [2.45, 2.75) is 6.04 Å². The van der Waals surface area contributed by atoms with Crippen LogP contribution in [0.4, 0.5) is 0 Å². The van der Waals surface area contributed by atoms with E-state index in [4.69, 9.17) is 24.9 Å². The van der Waals surface area contributed by atoms with Crippen molar-refractivity contribution in [1.82, 2.24) is 4.90 Å². The lowest BCUT2D eigenvalue weighted by Gasteiger charge is -2.28. The number of morpholine rings is 1. The van der Waals surface area contributed by atoms with Gasteiger partial charge in [-0.05, 0) is 35.4 Å². The van der Waals surface area contributed by atoms with Gasteiger partial charge in [-0.1, -0.05) is 24.3 Å². The number of aliphatic imine (C=N–C) groups is 1. The summed E-state index contributed by atoms with van der Waals surface area (Å²) in [7, 11) is 3.31. The average molecular weight is 355 g/mol. The predicted molar refractivity (Wildman–Crippen MR) is 102 cm³/mol. The van der Waals surface area contributed by atoms with E-state index in [9.17, 15) is 0 Å². The summed E-state index contributed by atoms with van der Waals surface area (Å²) in [5.74, 6) is 2.16. The summed E-state index contributed by atoms with van der Waals surface area (Å²) in [5, 5.41) is 0. The van der Waals surface area contributed by atoms with Crippen molar-refractivity contribution in [1.29, 1.82) is 0 Å². The minimum absolute atomic E-state index is 0.199. The summed E-state index contributed by atoms with van der Waals surface area (Å²) >= 11 is 0. The molecule has 0 amide bonds. The van der Waals surface area contributed by atoms with Gasteiger partial charge in [-0.15, -0.1) is 0 Å². The summed E-state index contributed by atoms with van der Waals surface area (Å²) in [6, 6.07) is 15.6. The molecular weight excluding hydrogens is 330 g/mol. The molecule has 1 fully saturated rings. The second kappa shape index (κ2) is 8.58. The number of guanidine groups is 1. The second-order valence-corrected chi connectivity index (χ2v) is 6.04. The third-order valence-electron chi connectivity index (χ3n) is 4.46. The molecule has 2 aromatic carbocycles. The van der Waals surface area contributed by atoms with Crippen LogP contribution in [0, 0.1) is 0 Å². The second-order valence-electron chi connectivity index (χ2n) is 6.04. The smallest absolute Gasteiger partial charge is 0.192 e. The first-order valence-corrected chi connectivity index (χ1v) is 8.65. The van der Waals surface area contributed by atoms with E-state index in [0.29, 0.717) is 19.2 Å². The highest BCUT2D eigenvalue weighted by Gasteiger charge is 2.18. The number of ether oxygens (including phenoxy) is 3. The number of hydrogen-bond acceptors (Lipinski definition) is 4. The number of rotatable bonds is 5. The SMILES string of the molecule is COc1ccc(C(N=C(N)N2CCOCC2)c2ccc(OC)cc2)cc1. The molecule has 0 radical (unpaired) electrons. The highest BCUT2D eigenvalue weighted by molar-refractivity contribution is 5.78. The van der Waals surface area contributed by atoms with Crippen molar-refractivity contribution >= 4 is 5.96 Å². The van der Waals surface area contributed by atoms with Crippen LogP contribution in [0.5, 0.6) is 11.5 Å². The van der Waals surface area contributed by atoms with E-state index in [1.165, 1.54) is 0 Å². The number of nitrogens with two attached hydrogens (primary N) is 1. The van der Waals surface area contributed by atoms with Crippen molar-refractivity contribution in [3.05, 3.63) is 59.7 Å². The third kappa shape index (κ3) is 4.26. The monoisotopic (exact) mass is 355 g/mol. The Labute approximate surface area is 154 Å². The Balaban J connectivity index is 1.93. The highest BCUT2D eigenvalue weighted by atomic mass is 16.5. The molecule has 0 atom stereocenters. The van der Waals surface area contributed by atoms with Crippen LogP contribution in [0.2, 0.25) is 0 Å². The molecule has 1 saturated heterocycles. The molecule has 0 aliphatic carbocycles. The molecule has 1 heterocycles. The van der Waals surface area contributed by atoms with E-state index in [-0.39, 0.29) is 6.04 Å². The van der Waals surface area contributed by atoms with Crippen LogP contribution in [-0.4, -0.2) is 51.4 Å². The molecular formula is C20H25N3O3. The molecule has 1 aliphatic heterocycles. The number of benzene rings is 2. The van der Waals surface area contributed by atoms with Crippen LogP contribution in [0.15, 0.2) is 53.5 Å². The van der Waals surface area contributed by atoms with Crippen molar-refractivity contribution < 1.29 is 14.2 Å². The molecule has 0 bridgehead atoms. The summed E-state index contributed by atoms with van der Waals surface area (Å²) in [5.41, 5.74) is 8.40. The first kappa shape index (κ1) is 18.1. The molecule has 26 heavy (non-hydrogen) atoms. The Bertz CT molecular complexity index is 675. The molecule has 0 aromatic heterocycles. The molecule has 0 spiro atoms. The normalized spacial score (nSPS) is 15.2. The van der Waals surface area contributed by atoms with Crippen LogP contribution in [0.3, 0.4) is 0 Å². The van der Waals surface area contributed by atoms with E-state index in [2.05, 4.69) is 4.90 Å². The van der Waals surface area contributed by atoms with Crippen LogP contribution in [0.25, 0.3) is 0 Å². The lowest BCUT2D eigenvalue weighted by Crippen LogP contribution is -2.45. The molecule has 138 valence electrons. The van der Waals surface area contributed by atoms with Crippen LogP contribution in [-0.2, 0) is 4.74 Å². The van der Waals surface area contributed by atoms with Gasteiger partial charge >= 0.3 is 0 Å². The zero-order chi connectivity index (χ0) is 18.4. The van der Waals surface area contributed by atoms with Crippen LogP contribution in [0.1, 0.15) is 17.2 Å². The van der Waals surface area contributed by atoms with Crippen molar-refractivity contribution in [3.63, 3.8) is 0 Å². The van der Waals surface area contributed by atoms with E-state index in [1.807, 2.05) is 48.5 Å². The van der Waals surface area contributed by atoms with Crippen molar-refractivity contribution in [2.24, 2.45) is 10.7 Å². The quantitative estimate of drug-likeness (QED) is 0.659. The standard InChI is InChI=1S/C20H25N3O3/c1-24-17-7-3-15(4-8-17)19(16-5-9-18(25-2)10-6-16)22-20(21)23-11-13-26-14-12-23/h3-10,19H,11-14H2,1-2H3,(H2,21,22). The first-order valence-electron chi connectivity index (χ1n) is 8.65. The maximum Gasteiger partial charge on any atom is 0.192 e. The lowest BCUT2D eigenvalue weighted by atomic mass is 9.99. The summed E-state index contributed by atoms with van der Waals surface area (Å²) in [6.45, 7) is 2.86. The van der Waals surface area contributed by atoms with Gasteiger partial charge in [0.1, 0.15) is 17.5 Å². The average Bonchev–Trinajstić information content (AvgIpc) is 2.73. The summed E-state index contributed by atoms with van der Waals surface area (Å²) in [4.78, 5) is 6.89. The Morgan fingerprint density at radius 2 is 1.38 bits per heavy atom. The Kier molecular flexibility index (Phi) is 5.96. The topological polar surface area (TPSA) is 69.3 Å². The van der Waals surface area contributed by atoms with Gasteiger partial charge in [0, 0.05) is 13.1 Å². The fourth-order valence-electron chi connectivity index (χ4n) is 2.92. The Hall–Kier alpha value is -2.73. The molecule has 6 nitrogen and oxygen atoms in total. The molecule has 6 heteroatoms. The van der Waals surface area contributed by atoms with Gasteiger partial charge in [-0.3, -0.25) is 0 Å². The Morgan fingerprint density at radius 3 is 1.81 bits per heavy atom. The van der Waals surface area contributed by atoms with E-state index >= 15 is 0 Å². The van der Waals surface area contributed by atoms with E-state index in [1.54, 1.807) is 14.2 Å². The van der Waals surface area contributed by atoms with Crippen LogP contribution >= 0.6 is 0 Å². The van der Waals surface area contributed by atoms with Gasteiger partial charge in [0.25, 0.3) is 0 Å². The Morgan fingerprint density at radius 1 is 0.923 bits per heavy atom. The van der Waals surface area contributed by atoms with Gasteiger partial charge in [0.15, 0.2) is 5.96 Å². The summed E-state index contributed by atoms with van der Waals surface area (Å²) < 4.78 is 15.9. The third-order valence-corrected chi connectivity index (χ3v) is 4.46. The molecule has 0 saturated carbocycles. The van der Waals surface area contributed by atoms with Gasteiger partial charge in [0.2, 0.25) is 0 Å². The minimum atomic E-state index is -0.199. The van der Waals surface area contributed by atoms with Crippen LogP contribution < -0.4 is 15.2 Å². The predicted octanol–water partition coefficient (Wildman–Crippen LogP) is 2.44. The fraction of sp³-hybridized carbons (Fsp3) is 0.350. The molecule has 2 aromatic rings. The maximum absolute atomic E-state index is 6.31. The van der Waals surface area contributed by atoms with Gasteiger partial charge in [0.05, 0.1) is 27.4 Å². The number of methoxy groups -OCH3 is 2. The van der Waals surface area contributed by atoms with Gasteiger partial charge < -0.3 is 24.8 Å². The summed E-state index contributed by atoms with van der Waals surface area (Å²) in [6.07, 6.45) is 0. The first-order chi connectivity index (χ1) is 12.7. The molecule has 3 rings (SSSR count). The zero-order valence-electron chi connectivity index (χ0n) is 15.2. The van der Waals surface area contributed by atoms with Gasteiger partial charge in [-0.25, -0.2) is 4.99 Å². The number of nitrogens with zero attached hydrogens (tertiary/aromatic N) is 2. The largest absolute Gasteiger partial charge is 0.497 e. The van der Waals surface area contributed by atoms with E-state index < -0.39 is 0 Å². The molecule has 1 aliphatic rings. The minimum Gasteiger partial charge on any atom is -0.497 e. The molecule has 0 unspecified atom stereocenters. The lowest BCUT2D eigenvalue weighted by molar-refractivity contribution is 0.0673. The maximum atomic E-state index is 6.31. The molecule has 2 N–H and O–H groups in total. The van der Waals surface area contributed by atoms with Crippen molar-refractivity contribution in [2.75, 3.05) is 40.5 Å². The van der Waals surface area contributed by atoms with Gasteiger partial charge in [-0.2, -0.15) is 0 Å².